The first-order valence-electron chi connectivity index (χ1n) is 6.23. The van der Waals surface area contributed by atoms with Crippen molar-refractivity contribution in [2.24, 2.45) is 5.92 Å². The Hall–Kier alpha value is -1.56. The first-order valence-corrected chi connectivity index (χ1v) is 6.23. The minimum absolute atomic E-state index is 0.0644. The van der Waals surface area contributed by atoms with Crippen LogP contribution in [-0.4, -0.2) is 25.3 Å². The van der Waals surface area contributed by atoms with Crippen molar-refractivity contribution in [3.8, 4) is 0 Å². The quantitative estimate of drug-likeness (QED) is 0.847. The number of nitrogens with one attached hydrogen (secondary N) is 1. The summed E-state index contributed by atoms with van der Waals surface area (Å²) in [7, 11) is 1.16. The Morgan fingerprint density at radius 3 is 2.15 bits per heavy atom. The number of hydrogen-bond acceptors (Lipinski definition) is 3. The molecule has 20 heavy (non-hydrogen) atoms. The monoisotopic (exact) mass is 289 g/mol. The fraction of sp³-hybridized carbons (Fsp3) is 0.500. The second kappa shape index (κ2) is 6.74. The van der Waals surface area contributed by atoms with Crippen LogP contribution in [0.4, 0.5) is 13.2 Å². The molecular weight excluding hydrogens is 271 g/mol. The van der Waals surface area contributed by atoms with E-state index >= 15 is 0 Å². The van der Waals surface area contributed by atoms with Crippen molar-refractivity contribution in [2.75, 3.05) is 7.11 Å². The average molecular weight is 289 g/mol. The molecule has 112 valence electrons. The second-order valence-electron chi connectivity index (χ2n) is 4.80. The Morgan fingerprint density at radius 2 is 1.75 bits per heavy atom. The van der Waals surface area contributed by atoms with Crippen LogP contribution >= 0.6 is 0 Å². The molecule has 0 fully saturated rings. The number of ether oxygens (including phenoxy) is 1. The van der Waals surface area contributed by atoms with Gasteiger partial charge in [-0.15, -0.1) is 0 Å². The van der Waals surface area contributed by atoms with E-state index < -0.39 is 24.2 Å². The maximum Gasteiger partial charge on any atom is 0.407 e. The third-order valence-electron chi connectivity index (χ3n) is 2.93. The highest BCUT2D eigenvalue weighted by Crippen LogP contribution is 2.33. The third kappa shape index (κ3) is 4.23. The molecule has 6 heteroatoms. The molecule has 0 bridgehead atoms. The van der Waals surface area contributed by atoms with E-state index in [0.29, 0.717) is 0 Å². The van der Waals surface area contributed by atoms with Gasteiger partial charge in [0.2, 0.25) is 0 Å². The van der Waals surface area contributed by atoms with Crippen LogP contribution in [-0.2, 0) is 9.53 Å². The summed E-state index contributed by atoms with van der Waals surface area (Å²) < 4.78 is 44.1. The summed E-state index contributed by atoms with van der Waals surface area (Å²) >= 11 is 0. The van der Waals surface area contributed by atoms with Crippen LogP contribution in [0.5, 0.6) is 0 Å². The predicted octanol–water partition coefficient (Wildman–Crippen LogP) is 3.08. The molecule has 3 nitrogen and oxygen atoms in total. The zero-order valence-electron chi connectivity index (χ0n) is 11.6. The summed E-state index contributed by atoms with van der Waals surface area (Å²) in [6, 6.07) is 4.51. The van der Waals surface area contributed by atoms with Gasteiger partial charge in [-0.3, -0.25) is 10.1 Å². The van der Waals surface area contributed by atoms with E-state index in [-0.39, 0.29) is 11.5 Å². The lowest BCUT2D eigenvalue weighted by molar-refractivity contribution is -0.165. The van der Waals surface area contributed by atoms with E-state index in [1.165, 1.54) is 24.3 Å². The highest BCUT2D eigenvalue weighted by molar-refractivity contribution is 5.76. The highest BCUT2D eigenvalue weighted by atomic mass is 19.4. The van der Waals surface area contributed by atoms with E-state index in [0.717, 1.165) is 7.11 Å². The molecule has 0 aromatic heterocycles. The van der Waals surface area contributed by atoms with Crippen molar-refractivity contribution in [1.29, 1.82) is 0 Å². The lowest BCUT2D eigenvalue weighted by Crippen LogP contribution is -2.47. The van der Waals surface area contributed by atoms with Gasteiger partial charge < -0.3 is 4.74 Å². The summed E-state index contributed by atoms with van der Waals surface area (Å²) in [6.45, 7) is 3.32. The maximum absolute atomic E-state index is 13.2. The van der Waals surface area contributed by atoms with Gasteiger partial charge in [0.1, 0.15) is 12.1 Å². The van der Waals surface area contributed by atoms with Crippen LogP contribution in [0.25, 0.3) is 0 Å². The van der Waals surface area contributed by atoms with Crippen LogP contribution in [0.3, 0.4) is 0 Å². The van der Waals surface area contributed by atoms with E-state index in [1.807, 2.05) is 0 Å². The summed E-state index contributed by atoms with van der Waals surface area (Å²) in [5.74, 6) is -1.03. The molecule has 0 saturated carbocycles. The number of hydrogen-bond donors (Lipinski definition) is 1. The number of esters is 1. The van der Waals surface area contributed by atoms with E-state index in [1.54, 1.807) is 19.9 Å². The number of carbonyl (C=O) groups excluding carboxylic acids is 1. The van der Waals surface area contributed by atoms with Crippen LogP contribution < -0.4 is 5.32 Å². The van der Waals surface area contributed by atoms with E-state index in [4.69, 9.17) is 0 Å². The Balaban J connectivity index is 3.04. The van der Waals surface area contributed by atoms with Crippen molar-refractivity contribution in [2.45, 2.75) is 32.1 Å². The summed E-state index contributed by atoms with van der Waals surface area (Å²) in [6.07, 6.45) is -4.50. The molecule has 1 aromatic carbocycles. The SMILES string of the molecule is COC(=O)C(NC(c1ccccc1)C(F)(F)F)C(C)C. The lowest BCUT2D eigenvalue weighted by atomic mass is 10.00. The van der Waals surface area contributed by atoms with Gasteiger partial charge in [-0.2, -0.15) is 13.2 Å². The fourth-order valence-electron chi connectivity index (χ4n) is 1.86. The topological polar surface area (TPSA) is 38.3 Å². The summed E-state index contributed by atoms with van der Waals surface area (Å²) in [4.78, 5) is 11.6. The van der Waals surface area contributed by atoms with Crippen molar-refractivity contribution in [3.05, 3.63) is 35.9 Å². The molecule has 0 radical (unpaired) electrons. The Labute approximate surface area is 116 Å². The van der Waals surface area contributed by atoms with Crippen molar-refractivity contribution in [1.82, 2.24) is 5.32 Å². The first-order chi connectivity index (χ1) is 9.27. The molecule has 1 N–H and O–H groups in total. The molecule has 0 aliphatic heterocycles. The number of halogens is 3. The summed E-state index contributed by atoms with van der Waals surface area (Å²) in [5.41, 5.74) is 0.0644. The second-order valence-corrected chi connectivity index (χ2v) is 4.80. The van der Waals surface area contributed by atoms with Crippen LogP contribution in [0, 0.1) is 5.92 Å². The lowest BCUT2D eigenvalue weighted by Gasteiger charge is -2.28. The van der Waals surface area contributed by atoms with Crippen molar-refractivity contribution < 1.29 is 22.7 Å². The van der Waals surface area contributed by atoms with Crippen LogP contribution in [0.1, 0.15) is 25.5 Å². The smallest absolute Gasteiger partial charge is 0.407 e. The standard InChI is InChI=1S/C14H18F3NO2/c1-9(2)11(13(19)20-3)18-12(14(15,16)17)10-7-5-4-6-8-10/h4-9,11-12,18H,1-3H3. The van der Waals surface area contributed by atoms with Gasteiger partial charge in [-0.1, -0.05) is 44.2 Å². The molecule has 2 atom stereocenters. The van der Waals surface area contributed by atoms with Crippen LogP contribution in [0.15, 0.2) is 30.3 Å². The van der Waals surface area contributed by atoms with Crippen molar-refractivity contribution in [3.63, 3.8) is 0 Å². The molecule has 0 aliphatic rings. The van der Waals surface area contributed by atoms with Crippen molar-refractivity contribution >= 4 is 5.97 Å². The van der Waals surface area contributed by atoms with E-state index in [2.05, 4.69) is 10.1 Å². The molecule has 2 unspecified atom stereocenters. The molecule has 0 aliphatic carbocycles. The van der Waals surface area contributed by atoms with Gasteiger partial charge in [-0.05, 0) is 11.5 Å². The largest absolute Gasteiger partial charge is 0.468 e. The fourth-order valence-corrected chi connectivity index (χ4v) is 1.86. The molecule has 0 amide bonds. The number of alkyl halides is 3. The first kappa shape index (κ1) is 16.5. The van der Waals surface area contributed by atoms with Gasteiger partial charge in [0.15, 0.2) is 0 Å². The highest BCUT2D eigenvalue weighted by Gasteiger charge is 2.43. The van der Waals surface area contributed by atoms with E-state index in [9.17, 15) is 18.0 Å². The number of benzene rings is 1. The molecule has 1 rings (SSSR count). The van der Waals surface area contributed by atoms with Gasteiger partial charge in [0, 0.05) is 0 Å². The minimum Gasteiger partial charge on any atom is -0.468 e. The maximum atomic E-state index is 13.2. The molecular formula is C14H18F3NO2. The molecule has 0 heterocycles. The number of rotatable bonds is 5. The Bertz CT molecular complexity index is 432. The number of carbonyl (C=O) groups is 1. The summed E-state index contributed by atoms with van der Waals surface area (Å²) in [5, 5.41) is 2.36. The molecule has 0 saturated heterocycles. The van der Waals surface area contributed by atoms with Gasteiger partial charge in [0.25, 0.3) is 0 Å². The van der Waals surface area contributed by atoms with Crippen LogP contribution in [0.2, 0.25) is 0 Å². The predicted molar refractivity (Wildman–Crippen MR) is 69.0 cm³/mol. The van der Waals surface area contributed by atoms with Gasteiger partial charge in [0.05, 0.1) is 7.11 Å². The molecule has 0 spiro atoms. The Morgan fingerprint density at radius 1 is 1.20 bits per heavy atom. The minimum atomic E-state index is -4.50. The molecule has 1 aromatic rings. The normalized spacial score (nSPS) is 14.9. The van der Waals surface area contributed by atoms with Gasteiger partial charge >= 0.3 is 12.1 Å². The average Bonchev–Trinajstić information content (AvgIpc) is 2.38. The Kier molecular flexibility index (Phi) is 5.56. The zero-order chi connectivity index (χ0) is 15.3. The number of methoxy groups -OCH3 is 1. The zero-order valence-corrected chi connectivity index (χ0v) is 11.6. The van der Waals surface area contributed by atoms with Gasteiger partial charge in [-0.25, -0.2) is 0 Å². The third-order valence-corrected chi connectivity index (χ3v) is 2.93.